The molecule has 0 aromatic carbocycles. The Hall–Kier alpha value is -5.07. The third-order valence-corrected chi connectivity index (χ3v) is 21.7. The third-order valence-electron chi connectivity index (χ3n) is 21.7. The lowest BCUT2D eigenvalue weighted by atomic mass is 9.49. The number of ether oxygens (including phenoxy) is 13. The molecule has 7 fully saturated rings. The molecule has 0 radical (unpaired) electrons. The van der Waals surface area contributed by atoms with E-state index in [1.807, 2.05) is 39.8 Å². The van der Waals surface area contributed by atoms with E-state index in [9.17, 15) is 49.7 Å². The zero-order valence-electron chi connectivity index (χ0n) is 55.4. The van der Waals surface area contributed by atoms with Gasteiger partial charge in [-0.15, -0.1) is 0 Å². The maximum Gasteiger partial charge on any atom is 0.407 e. The number of carbonyl (C=O) groups excluding carboxylic acids is 5. The number of nitrogens with zero attached hydrogens (tertiary/aromatic N) is 1. The summed E-state index contributed by atoms with van der Waals surface area (Å²) in [7, 11) is 1.15. The van der Waals surface area contributed by atoms with Gasteiger partial charge in [0, 0.05) is 68.1 Å². The fraction of sp³-hybridized carbons (Fsp3) is 0.776. The van der Waals surface area contributed by atoms with E-state index < -0.39 is 210 Å². The maximum absolute atomic E-state index is 15.6. The first-order valence-corrected chi connectivity index (χ1v) is 33.1. The number of carbonyl (C=O) groups is 5. The number of Topliss-reactive ketones (excluding diaryl/α,β-unsaturated/α-hetero) is 1. The second kappa shape index (κ2) is 28.2. The Morgan fingerprint density at radius 1 is 0.720 bits per heavy atom. The summed E-state index contributed by atoms with van der Waals surface area (Å²) in [5, 5.41) is 62.0. The highest BCUT2D eigenvalue weighted by atomic mass is 16.8. The van der Waals surface area contributed by atoms with Crippen molar-refractivity contribution in [2.24, 2.45) is 40.9 Å². The largest absolute Gasteiger partial charge is 0.511 e. The van der Waals surface area contributed by atoms with Crippen molar-refractivity contribution in [1.29, 1.82) is 0 Å². The van der Waals surface area contributed by atoms with Crippen molar-refractivity contribution in [3.8, 4) is 0 Å². The van der Waals surface area contributed by atoms with Crippen LogP contribution in [0.25, 0.3) is 0 Å². The number of amides is 1. The Labute approximate surface area is 542 Å². The fourth-order valence-corrected chi connectivity index (χ4v) is 16.9. The minimum absolute atomic E-state index is 0.00196. The molecule has 2 bridgehead atoms. The second-order valence-corrected chi connectivity index (χ2v) is 28.2. The zero-order valence-corrected chi connectivity index (χ0v) is 55.4. The summed E-state index contributed by atoms with van der Waals surface area (Å²) in [6.07, 6.45) is -4.21. The molecule has 0 aromatic rings. The van der Waals surface area contributed by atoms with E-state index in [2.05, 4.69) is 25.2 Å². The van der Waals surface area contributed by atoms with E-state index in [-0.39, 0.29) is 43.1 Å². The van der Waals surface area contributed by atoms with E-state index in [1.165, 1.54) is 19.9 Å². The van der Waals surface area contributed by atoms with Crippen molar-refractivity contribution in [2.45, 2.75) is 281 Å². The smallest absolute Gasteiger partial charge is 0.407 e. The lowest BCUT2D eigenvalue weighted by Crippen LogP contribution is -2.65. The van der Waals surface area contributed by atoms with Crippen molar-refractivity contribution >= 4 is 30.1 Å². The van der Waals surface area contributed by atoms with Crippen LogP contribution in [-0.2, 0) is 80.8 Å². The molecular formula is C67H96N2O24. The second-order valence-electron chi connectivity index (χ2n) is 28.2. The number of ketones is 1. The zero-order chi connectivity index (χ0) is 67.5. The first-order chi connectivity index (χ1) is 43.9. The van der Waals surface area contributed by atoms with Crippen LogP contribution in [0, 0.1) is 51.0 Å². The molecule has 4 unspecified atom stereocenters. The highest BCUT2D eigenvalue weighted by Gasteiger charge is 2.65. The highest BCUT2D eigenvalue weighted by molar-refractivity contribution is 6.26. The Balaban J connectivity index is 0.904. The van der Waals surface area contributed by atoms with E-state index in [4.69, 9.17) is 61.6 Å². The average Bonchev–Trinajstić information content (AvgIpc) is 1.68. The molecule has 26 heteroatoms. The van der Waals surface area contributed by atoms with E-state index in [1.54, 1.807) is 33.8 Å². The Morgan fingerprint density at radius 3 is 2.01 bits per heavy atom. The summed E-state index contributed by atoms with van der Waals surface area (Å²) in [5.41, 5.74) is -4.91. The van der Waals surface area contributed by atoms with Crippen LogP contribution in [0.3, 0.4) is 0 Å². The Morgan fingerprint density at radius 2 is 1.35 bits per heavy atom. The molecule has 4 aliphatic carbocycles. The van der Waals surface area contributed by atoms with E-state index >= 15 is 4.79 Å². The van der Waals surface area contributed by atoms with Gasteiger partial charge < -0.3 is 87.3 Å². The molecule has 1 saturated carbocycles. The highest BCUT2D eigenvalue weighted by Crippen LogP contribution is 2.61. The summed E-state index contributed by atoms with van der Waals surface area (Å²) >= 11 is 0. The van der Waals surface area contributed by atoms with Gasteiger partial charge in [-0.3, -0.25) is 24.5 Å². The number of allylic oxidation sites excluding steroid dienone is 3. The average molecular weight is 1310 g/mol. The van der Waals surface area contributed by atoms with Gasteiger partial charge in [0.1, 0.15) is 35.9 Å². The van der Waals surface area contributed by atoms with Gasteiger partial charge >= 0.3 is 18.0 Å². The van der Waals surface area contributed by atoms with Gasteiger partial charge in [-0.05, 0) is 109 Å². The van der Waals surface area contributed by atoms with Crippen LogP contribution in [0.5, 0.6) is 0 Å². The van der Waals surface area contributed by atoms with E-state index in [0.717, 1.165) is 7.11 Å². The molecule has 6 aliphatic heterocycles. The molecule has 1 amide bonds. The molecule has 6 saturated heterocycles. The predicted molar refractivity (Wildman–Crippen MR) is 325 cm³/mol. The molecule has 29 atom stereocenters. The number of fused-ring (bicyclic) bond motifs is 4. The lowest BCUT2D eigenvalue weighted by Gasteiger charge is -2.56. The van der Waals surface area contributed by atoms with Crippen molar-refractivity contribution in [3.63, 3.8) is 0 Å². The number of hydrogen-bond acceptors (Lipinski definition) is 24. The fourth-order valence-electron chi connectivity index (χ4n) is 16.9. The van der Waals surface area contributed by atoms with Crippen LogP contribution in [0.4, 0.5) is 4.79 Å². The summed E-state index contributed by atoms with van der Waals surface area (Å²) < 4.78 is 81.5. The van der Waals surface area contributed by atoms with Gasteiger partial charge in [0.05, 0.1) is 86.6 Å². The standard InChI is InChI=1S/C67H96N2O24/c1-30-14-18-47(88-54-28-65(11,69(79)80)60(38(9)86-54)68-64(78)81-13)31(2)23-43-45(73)24-40(29-70)27-67(43)62(76)55(63(77)93-67)61(75)66(12)42(30)16-15-41-56(66)32(3)22-33(4)57(41)92-53-26-49(59(37(8)85-53)87-39(10)71)90-50-21-19-48(35(6)83-50)89-52-25-46(74)58(36(7)84-52)91-51-20-17-44(72)34(5)82-51/h14-16,23-24,29,32-38,41-54,56-60,72-75H,17-22,25-28H2,1-13H3,(H,68,78)/b30-14+,31-23+,61-55?/t32-,33+,34-,35-,36-,37-,38-,41-,42+,43+,44+,45-,46-,47+,48?,49-,50-,51-,52-,53-,54-,56+,57?,58?,59-,60-,65-,66+,67?/m0/s1. The number of nitro groups is 1. The Bertz CT molecular complexity index is 2960. The number of esters is 2. The van der Waals surface area contributed by atoms with Gasteiger partial charge in [-0.2, -0.15) is 0 Å². The number of aliphatic hydroxyl groups excluding tert-OH is 4. The Kier molecular flexibility index (Phi) is 21.4. The number of nitrogens with one attached hydrogen (secondary N) is 1. The predicted octanol–water partition coefficient (Wildman–Crippen LogP) is 6.36. The minimum Gasteiger partial charge on any atom is -0.511 e. The summed E-state index contributed by atoms with van der Waals surface area (Å²) in [4.78, 5) is 80.4. The van der Waals surface area contributed by atoms with Gasteiger partial charge in [0.25, 0.3) is 0 Å². The third kappa shape index (κ3) is 14.0. The summed E-state index contributed by atoms with van der Waals surface area (Å²) in [6.45, 7) is 21.0. The van der Waals surface area contributed by atoms with Gasteiger partial charge in [0.15, 0.2) is 43.2 Å². The minimum atomic E-state index is -2.20. The topological polar surface area (TPSA) is 341 Å². The molecule has 26 nitrogen and oxygen atoms in total. The monoisotopic (exact) mass is 1310 g/mol. The molecule has 518 valence electrons. The van der Waals surface area contributed by atoms with Gasteiger partial charge in [-0.1, -0.05) is 50.6 Å². The van der Waals surface area contributed by atoms with Crippen LogP contribution in [0.15, 0.2) is 58.4 Å². The van der Waals surface area contributed by atoms with Gasteiger partial charge in [-0.25, -0.2) is 9.59 Å². The van der Waals surface area contributed by atoms with Crippen molar-refractivity contribution in [1.82, 2.24) is 5.32 Å². The quantitative estimate of drug-likeness (QED) is 0.0240. The number of rotatable bonds is 14. The van der Waals surface area contributed by atoms with Crippen LogP contribution in [0.1, 0.15) is 147 Å². The van der Waals surface area contributed by atoms with Crippen LogP contribution in [0.2, 0.25) is 0 Å². The molecular weight excluding hydrogens is 1220 g/mol. The number of aliphatic hydroxyl groups is 4. The van der Waals surface area contributed by atoms with Crippen molar-refractivity contribution < 1.29 is 111 Å². The molecule has 93 heavy (non-hydrogen) atoms. The van der Waals surface area contributed by atoms with Crippen molar-refractivity contribution in [2.75, 3.05) is 7.11 Å². The maximum atomic E-state index is 15.6. The molecule has 10 rings (SSSR count). The summed E-state index contributed by atoms with van der Waals surface area (Å²) in [5.74, 6) is -6.46. The molecule has 6 heterocycles. The number of aldehydes is 1. The molecule has 10 aliphatic rings. The van der Waals surface area contributed by atoms with Gasteiger partial charge in [0.2, 0.25) is 11.3 Å². The number of methoxy groups -OCH3 is 1. The first-order valence-electron chi connectivity index (χ1n) is 33.1. The van der Waals surface area contributed by atoms with Crippen molar-refractivity contribution in [3.05, 3.63) is 68.5 Å². The normalized spacial score (nSPS) is 47.4. The van der Waals surface area contributed by atoms with Crippen LogP contribution >= 0.6 is 0 Å². The lowest BCUT2D eigenvalue weighted by molar-refractivity contribution is -0.584. The number of hydrogen-bond donors (Lipinski definition) is 5. The first kappa shape index (κ1) is 70.7. The van der Waals surface area contributed by atoms with E-state index in [0.29, 0.717) is 49.5 Å². The SMILES string of the molecule is COC(=O)N[C@H]1[C@H](C)O[C@@H](O[C@@H]2C/C=C(\C)[C@H]3C=C[C@@H]4C(O[C@H]5C[C@H](O[C@H]6CCC(O[C@H]7C[C@H](O)C(O[C@H]8CC[C@@H](O)[C@H](C)O8)[C@H](C)O7)[C@H](C)O6)[C@@H](OC(C)=O)[C@H](C)O5)[C@H](C)C[C@H](C)[C@H]4[C@]3(C)C(O)=C3C(=O)OC4(CC(C=O)=C[C@H](O)[C@H]4/C=C/2C)C3=O)C[C@]1(C)[N+](=O)[O-]. The van der Waals surface area contributed by atoms with Crippen LogP contribution in [-0.4, -0.2) is 197 Å². The van der Waals surface area contributed by atoms with Crippen LogP contribution < -0.4 is 5.32 Å². The molecule has 1 spiro atoms. The molecule has 5 N–H and O–H groups in total. The number of alkyl carbamates (subject to hydrolysis) is 1. The molecule has 0 aromatic heterocycles. The summed E-state index contributed by atoms with van der Waals surface area (Å²) in [6, 6.07) is -1.12.